The molecule has 1 saturated heterocycles. The smallest absolute Gasteiger partial charge is 0.406 e. The molecule has 0 aromatic heterocycles. The van der Waals surface area contributed by atoms with Crippen molar-refractivity contribution in [1.29, 1.82) is 0 Å². The lowest BCUT2D eigenvalue weighted by Crippen LogP contribution is -2.67. The van der Waals surface area contributed by atoms with Crippen molar-refractivity contribution in [3.8, 4) is 0 Å². The Bertz CT molecular complexity index is 3250. The molecule has 5 aromatic carbocycles. The number of carbonyl (C=O) groups is 1. The van der Waals surface area contributed by atoms with E-state index in [1.165, 1.54) is 35.0 Å². The summed E-state index contributed by atoms with van der Waals surface area (Å²) in [5, 5.41) is 5.07. The highest BCUT2D eigenvalue weighted by molar-refractivity contribution is 7.99. The van der Waals surface area contributed by atoms with Crippen molar-refractivity contribution in [2.24, 2.45) is 16.2 Å². The summed E-state index contributed by atoms with van der Waals surface area (Å²) in [5.74, 6) is -0.748. The first-order chi connectivity index (χ1) is 38.7. The van der Waals surface area contributed by atoms with E-state index in [-0.39, 0.29) is 21.4 Å². The molecule has 442 valence electrons. The number of allylic oxidation sites excluding steroid dienone is 1. The van der Waals surface area contributed by atoms with Crippen LogP contribution < -0.4 is 25.3 Å². The van der Waals surface area contributed by atoms with Crippen LogP contribution in [0.15, 0.2) is 159 Å². The Balaban J connectivity index is 0.856. The molecule has 4 aliphatic carbocycles. The Hall–Kier alpha value is -5.09. The highest BCUT2D eigenvalue weighted by Gasteiger charge is 2.73. The van der Waals surface area contributed by atoms with E-state index in [1.54, 1.807) is 12.1 Å². The van der Waals surface area contributed by atoms with Crippen molar-refractivity contribution in [3.63, 3.8) is 0 Å². The fraction of sp³-hybridized carbons (Fsp3) is 0.468. The lowest BCUT2D eigenvalue weighted by molar-refractivity contribution is -0.250. The quantitative estimate of drug-likeness (QED) is 0.0281. The third-order valence-corrected chi connectivity index (χ3v) is 26.4. The van der Waals surface area contributed by atoms with E-state index in [0.717, 1.165) is 72.0 Å². The molecular formula is C62H76F5N5O6S3Si. The molecule has 1 amide bonds. The fourth-order valence-electron chi connectivity index (χ4n) is 12.9. The van der Waals surface area contributed by atoms with Crippen LogP contribution in [0.4, 0.5) is 33.3 Å². The first-order valence-corrected chi connectivity index (χ1v) is 34.0. The molecule has 1 aliphatic heterocycles. The summed E-state index contributed by atoms with van der Waals surface area (Å²) in [7, 11) is -12.0. The summed E-state index contributed by atoms with van der Waals surface area (Å²) >= 11 is 1.43. The summed E-state index contributed by atoms with van der Waals surface area (Å²) in [6.45, 7) is 16.2. The number of alkyl halides is 5. The summed E-state index contributed by atoms with van der Waals surface area (Å²) in [6.07, 6.45) is 2.85. The summed E-state index contributed by atoms with van der Waals surface area (Å²) in [6, 6.07) is 38.0. The Morgan fingerprint density at radius 3 is 1.94 bits per heavy atom. The van der Waals surface area contributed by atoms with Crippen LogP contribution >= 0.6 is 11.8 Å². The summed E-state index contributed by atoms with van der Waals surface area (Å²) in [5.41, 5.74) is -3.33. The van der Waals surface area contributed by atoms with Crippen LogP contribution in [0.1, 0.15) is 89.9 Å². The van der Waals surface area contributed by atoms with E-state index in [2.05, 4.69) is 78.9 Å². The first-order valence-electron chi connectivity index (χ1n) is 28.1. The number of hydrogen-bond donors (Lipinski definition) is 2. The van der Waals surface area contributed by atoms with E-state index >= 15 is 0 Å². The van der Waals surface area contributed by atoms with E-state index in [1.807, 2.05) is 78.5 Å². The van der Waals surface area contributed by atoms with Crippen LogP contribution in [0.3, 0.4) is 0 Å². The lowest BCUT2D eigenvalue weighted by atomic mass is 9.32. The Morgan fingerprint density at radius 2 is 1.38 bits per heavy atom. The molecule has 0 radical (unpaired) electrons. The van der Waals surface area contributed by atoms with Gasteiger partial charge in [-0.25, -0.2) is 30.3 Å². The summed E-state index contributed by atoms with van der Waals surface area (Å²) < 4.78 is 135. The van der Waals surface area contributed by atoms with Gasteiger partial charge >= 0.3 is 5.51 Å². The van der Waals surface area contributed by atoms with Gasteiger partial charge < -0.3 is 19.5 Å². The topological polar surface area (TPSA) is 128 Å². The monoisotopic (exact) mass is 1210 g/mol. The van der Waals surface area contributed by atoms with Crippen LogP contribution in [-0.2, 0) is 24.3 Å². The van der Waals surface area contributed by atoms with Gasteiger partial charge in [0.05, 0.1) is 10.6 Å². The summed E-state index contributed by atoms with van der Waals surface area (Å²) in [4.78, 5) is 18.9. The van der Waals surface area contributed by atoms with Crippen molar-refractivity contribution < 1.29 is 48.0 Å². The maximum absolute atomic E-state index is 14.5. The number of nitrogens with one attached hydrogen (secondary N) is 2. The fourth-order valence-corrected chi connectivity index (χ4v) is 20.4. The average Bonchev–Trinajstić information content (AvgIpc) is 0.710. The van der Waals surface area contributed by atoms with Crippen molar-refractivity contribution in [1.82, 2.24) is 14.5 Å². The van der Waals surface area contributed by atoms with Crippen LogP contribution in [0.5, 0.6) is 0 Å². The number of amides is 1. The Labute approximate surface area is 486 Å². The molecule has 5 aliphatic rings. The number of sulfonamides is 1. The van der Waals surface area contributed by atoms with Gasteiger partial charge in [0.25, 0.3) is 34.1 Å². The molecule has 1 atom stereocenters. The standard InChI is InChI=1S/C62H76F5N5O6S3Si/c1-58(2,3)82(51-18-12-8-13-19-51,52-20-14-9-15-21-52)78-37-36-70(6)31-29-47(41-79-49-16-10-7-11-17-49)68-54-27-26-50(38-55(54)80(74,75)62(65,66)67)81(76,77)69-56(73)45-22-24-48(25-23-45)72-34-32-71(33-35-72)40-46-28-30-59(4,5)39-53(46)60-42-61(43-60,44-60)57(63)64/h7-27,38,47,57,68H,28-37,39-44H2,1-6H3,(H,69,73). The normalized spacial score (nSPS) is 21.0. The number of carbonyl (C=O) groups excluding carboxylic acids is 1. The van der Waals surface area contributed by atoms with Gasteiger partial charge in [-0.15, -0.1) is 11.8 Å². The molecule has 2 N–H and O–H groups in total. The zero-order chi connectivity index (χ0) is 58.9. The molecule has 20 heteroatoms. The number of benzene rings is 5. The molecule has 3 saturated carbocycles. The number of rotatable bonds is 23. The SMILES string of the molecule is CN(CCO[Si](c1ccccc1)(c1ccccc1)C(C)(C)C)CCC(CSc1ccccc1)Nc1ccc(S(=O)(=O)NC(=O)c2ccc(N3CCN(CC4=C(C56CC(C(F)F)(C5)C6)CC(C)(C)CC4)CC3)cc2)cc1S(=O)(=O)C(F)(F)F. The average molecular weight is 1210 g/mol. The second-order valence-electron chi connectivity index (χ2n) is 24.8. The molecule has 10 rings (SSSR count). The molecule has 4 fully saturated rings. The number of piperazine rings is 1. The third-order valence-electron chi connectivity index (χ3n) is 17.3. The first kappa shape index (κ1) is 61.5. The molecule has 0 spiro atoms. The highest BCUT2D eigenvalue weighted by atomic mass is 32.2. The molecule has 5 aromatic rings. The van der Waals surface area contributed by atoms with Crippen LogP contribution in [-0.4, -0.2) is 124 Å². The van der Waals surface area contributed by atoms with Crippen molar-refractivity contribution in [3.05, 3.63) is 150 Å². The Morgan fingerprint density at radius 1 is 0.793 bits per heavy atom. The van der Waals surface area contributed by atoms with E-state index in [0.29, 0.717) is 70.3 Å². The zero-order valence-electron chi connectivity index (χ0n) is 47.6. The minimum atomic E-state index is -6.14. The second-order valence-corrected chi connectivity index (χ2v) is 33.8. The van der Waals surface area contributed by atoms with Gasteiger partial charge in [-0.05, 0) is 139 Å². The number of nitrogens with zero attached hydrogens (tertiary/aromatic N) is 3. The maximum atomic E-state index is 14.5. The number of anilines is 2. The number of halogens is 5. The van der Waals surface area contributed by atoms with Gasteiger partial charge in [0.1, 0.15) is 4.90 Å². The van der Waals surface area contributed by atoms with Gasteiger partial charge in [-0.3, -0.25) is 9.69 Å². The molecule has 1 unspecified atom stereocenters. The van der Waals surface area contributed by atoms with Gasteiger partial charge in [0.2, 0.25) is 6.43 Å². The van der Waals surface area contributed by atoms with E-state index < -0.39 is 73.0 Å². The largest absolute Gasteiger partial charge is 0.501 e. The Kier molecular flexibility index (Phi) is 18.1. The van der Waals surface area contributed by atoms with E-state index in [9.17, 15) is 43.6 Å². The second kappa shape index (κ2) is 24.1. The zero-order valence-corrected chi connectivity index (χ0v) is 51.0. The van der Waals surface area contributed by atoms with Gasteiger partial charge in [-0.2, -0.15) is 13.2 Å². The molecule has 11 nitrogen and oxygen atoms in total. The molecular weight excluding hydrogens is 1130 g/mol. The van der Waals surface area contributed by atoms with Crippen molar-refractivity contribution in [2.75, 3.05) is 75.4 Å². The van der Waals surface area contributed by atoms with Crippen LogP contribution in [0, 0.1) is 16.2 Å². The number of hydrogen-bond acceptors (Lipinski definition) is 11. The minimum absolute atomic E-state index is 0.0347. The number of sulfone groups is 1. The molecule has 82 heavy (non-hydrogen) atoms. The van der Waals surface area contributed by atoms with E-state index in [4.69, 9.17) is 4.43 Å². The predicted octanol–water partition coefficient (Wildman–Crippen LogP) is 11.6. The van der Waals surface area contributed by atoms with Crippen LogP contribution in [0.2, 0.25) is 5.04 Å². The van der Waals surface area contributed by atoms with Gasteiger partial charge in [-0.1, -0.05) is 125 Å². The predicted molar refractivity (Wildman–Crippen MR) is 319 cm³/mol. The number of likely N-dealkylation sites (N-methyl/N-ethyl adjacent to an activating group) is 1. The van der Waals surface area contributed by atoms with Gasteiger partial charge in [0, 0.05) is 79.2 Å². The number of thioether (sulfide) groups is 1. The van der Waals surface area contributed by atoms with Crippen molar-refractivity contribution >= 4 is 67.6 Å². The van der Waals surface area contributed by atoms with Gasteiger partial charge in [0.15, 0.2) is 0 Å². The third kappa shape index (κ3) is 13.1. The van der Waals surface area contributed by atoms with Crippen LogP contribution in [0.25, 0.3) is 0 Å². The minimum Gasteiger partial charge on any atom is -0.406 e. The molecule has 2 bridgehead atoms. The van der Waals surface area contributed by atoms with Crippen molar-refractivity contribution in [2.45, 2.75) is 117 Å². The molecule has 1 heterocycles. The maximum Gasteiger partial charge on any atom is 0.501 e. The lowest BCUT2D eigenvalue weighted by Gasteiger charge is -2.72. The highest BCUT2D eigenvalue weighted by Crippen LogP contribution is 2.79.